The van der Waals surface area contributed by atoms with E-state index in [2.05, 4.69) is 16.0 Å². The van der Waals surface area contributed by atoms with Crippen LogP contribution in [0.3, 0.4) is 0 Å². The highest BCUT2D eigenvalue weighted by molar-refractivity contribution is 6.31. The molecule has 0 unspecified atom stereocenters. The standard InChI is InChI=1S/C8H4ClN2/c9-7-4-6-2-1-3-10-8(6)11-5-7/h2-5H. The fourth-order valence-corrected chi connectivity index (χ4v) is 1.05. The van der Waals surface area contributed by atoms with E-state index in [-0.39, 0.29) is 0 Å². The molecule has 0 atom stereocenters. The number of rotatable bonds is 0. The van der Waals surface area contributed by atoms with E-state index in [4.69, 9.17) is 11.6 Å². The van der Waals surface area contributed by atoms with Gasteiger partial charge in [0.15, 0.2) is 5.65 Å². The van der Waals surface area contributed by atoms with Crippen LogP contribution < -0.4 is 0 Å². The summed E-state index contributed by atoms with van der Waals surface area (Å²) in [7, 11) is 0. The molecule has 0 saturated heterocycles. The quantitative estimate of drug-likeness (QED) is 0.594. The summed E-state index contributed by atoms with van der Waals surface area (Å²) in [6.07, 6.45) is 3.17. The van der Waals surface area contributed by atoms with Crippen molar-refractivity contribution in [2.75, 3.05) is 0 Å². The molecule has 2 nitrogen and oxygen atoms in total. The molecular weight excluding hydrogens is 160 g/mol. The van der Waals surface area contributed by atoms with Crippen LogP contribution in [0.1, 0.15) is 0 Å². The lowest BCUT2D eigenvalue weighted by Crippen LogP contribution is -1.81. The van der Waals surface area contributed by atoms with Crippen LogP contribution in [0, 0.1) is 6.07 Å². The normalized spacial score (nSPS) is 10.3. The Hall–Kier alpha value is -1.15. The first-order valence-electron chi connectivity index (χ1n) is 3.13. The van der Waals surface area contributed by atoms with Gasteiger partial charge in [-0.1, -0.05) is 11.6 Å². The predicted molar refractivity (Wildman–Crippen MR) is 43.4 cm³/mol. The van der Waals surface area contributed by atoms with Gasteiger partial charge in [-0.3, -0.25) is 0 Å². The summed E-state index contributed by atoms with van der Waals surface area (Å²) in [6, 6.07) is 6.47. The molecule has 1 radical (unpaired) electrons. The molecule has 0 fully saturated rings. The van der Waals surface area contributed by atoms with Crippen molar-refractivity contribution in [3.63, 3.8) is 0 Å². The molecule has 0 spiro atoms. The Balaban J connectivity index is 2.83. The Morgan fingerprint density at radius 1 is 1.36 bits per heavy atom. The smallest absolute Gasteiger partial charge is 0.159 e. The first-order valence-corrected chi connectivity index (χ1v) is 3.51. The molecule has 0 aliphatic heterocycles. The molecule has 0 bridgehead atoms. The average Bonchev–Trinajstić information content (AvgIpc) is 2.04. The van der Waals surface area contributed by atoms with Crippen LogP contribution in [0.2, 0.25) is 5.02 Å². The first-order chi connectivity index (χ1) is 5.36. The van der Waals surface area contributed by atoms with Gasteiger partial charge in [-0.2, -0.15) is 0 Å². The van der Waals surface area contributed by atoms with E-state index in [9.17, 15) is 0 Å². The van der Waals surface area contributed by atoms with Crippen molar-refractivity contribution in [2.24, 2.45) is 0 Å². The molecule has 3 heteroatoms. The molecular formula is C8H4ClN2. The van der Waals surface area contributed by atoms with Gasteiger partial charge >= 0.3 is 0 Å². The highest BCUT2D eigenvalue weighted by Crippen LogP contribution is 2.13. The summed E-state index contributed by atoms with van der Waals surface area (Å²) < 4.78 is 0. The highest BCUT2D eigenvalue weighted by Gasteiger charge is 1.93. The maximum Gasteiger partial charge on any atom is 0.159 e. The fraction of sp³-hybridized carbons (Fsp3) is 0. The second-order valence-corrected chi connectivity index (χ2v) is 2.57. The van der Waals surface area contributed by atoms with E-state index in [0.29, 0.717) is 10.7 Å². The van der Waals surface area contributed by atoms with Crippen LogP contribution in [0.15, 0.2) is 24.5 Å². The average molecular weight is 164 g/mol. The minimum Gasteiger partial charge on any atom is -0.236 e. The van der Waals surface area contributed by atoms with E-state index < -0.39 is 0 Å². The minimum atomic E-state index is 0.624. The van der Waals surface area contributed by atoms with Crippen LogP contribution >= 0.6 is 11.6 Å². The van der Waals surface area contributed by atoms with Gasteiger partial charge in [-0.15, -0.1) is 0 Å². The summed E-state index contributed by atoms with van der Waals surface area (Å²) in [5.41, 5.74) is 0.702. The Kier molecular flexibility index (Phi) is 1.47. The molecule has 2 aromatic rings. The zero-order valence-electron chi connectivity index (χ0n) is 5.58. The molecule has 0 amide bonds. The third-order valence-corrected chi connectivity index (χ3v) is 1.57. The number of hydrogen-bond acceptors (Lipinski definition) is 2. The highest BCUT2D eigenvalue weighted by atomic mass is 35.5. The Labute approximate surface area is 68.9 Å². The van der Waals surface area contributed by atoms with E-state index in [1.54, 1.807) is 18.5 Å². The van der Waals surface area contributed by atoms with Crippen LogP contribution in [-0.2, 0) is 0 Å². The largest absolute Gasteiger partial charge is 0.236 e. The van der Waals surface area contributed by atoms with Gasteiger partial charge in [0.25, 0.3) is 0 Å². The van der Waals surface area contributed by atoms with Crippen molar-refractivity contribution in [3.05, 3.63) is 35.6 Å². The maximum atomic E-state index is 5.71. The van der Waals surface area contributed by atoms with E-state index in [1.807, 2.05) is 6.07 Å². The minimum absolute atomic E-state index is 0.624. The van der Waals surface area contributed by atoms with Gasteiger partial charge in [0.05, 0.1) is 5.02 Å². The lowest BCUT2D eigenvalue weighted by atomic mass is 10.3. The van der Waals surface area contributed by atoms with E-state index >= 15 is 0 Å². The van der Waals surface area contributed by atoms with Crippen molar-refractivity contribution in [1.29, 1.82) is 0 Å². The van der Waals surface area contributed by atoms with Gasteiger partial charge in [-0.25, -0.2) is 9.97 Å². The van der Waals surface area contributed by atoms with Crippen molar-refractivity contribution < 1.29 is 0 Å². The third-order valence-electron chi connectivity index (χ3n) is 1.36. The van der Waals surface area contributed by atoms with Crippen molar-refractivity contribution in [3.8, 4) is 0 Å². The molecule has 53 valence electrons. The van der Waals surface area contributed by atoms with E-state index in [0.717, 1.165) is 5.39 Å². The maximum absolute atomic E-state index is 5.71. The third kappa shape index (κ3) is 1.17. The van der Waals surface area contributed by atoms with Crippen molar-refractivity contribution in [2.45, 2.75) is 0 Å². The number of hydrogen-bond donors (Lipinski definition) is 0. The molecule has 0 aliphatic carbocycles. The molecule has 11 heavy (non-hydrogen) atoms. The second-order valence-electron chi connectivity index (χ2n) is 2.14. The SMILES string of the molecule is Clc1cnc2nc[c]cc2c1. The Morgan fingerprint density at radius 3 is 3.18 bits per heavy atom. The predicted octanol–water partition coefficient (Wildman–Crippen LogP) is 2.08. The molecule has 0 N–H and O–H groups in total. The molecule has 0 aromatic carbocycles. The van der Waals surface area contributed by atoms with Gasteiger partial charge < -0.3 is 0 Å². The van der Waals surface area contributed by atoms with Crippen LogP contribution in [0.4, 0.5) is 0 Å². The first kappa shape index (κ1) is 6.55. The summed E-state index contributed by atoms with van der Waals surface area (Å²) in [6.45, 7) is 0. The Bertz CT molecular complexity index is 387. The zero-order valence-corrected chi connectivity index (χ0v) is 6.34. The Morgan fingerprint density at radius 2 is 2.27 bits per heavy atom. The lowest BCUT2D eigenvalue weighted by molar-refractivity contribution is 1.28. The lowest BCUT2D eigenvalue weighted by Gasteiger charge is -1.93. The van der Waals surface area contributed by atoms with Gasteiger partial charge in [0.2, 0.25) is 0 Å². The van der Waals surface area contributed by atoms with Crippen LogP contribution in [0.5, 0.6) is 0 Å². The summed E-state index contributed by atoms with van der Waals surface area (Å²) in [4.78, 5) is 8.01. The molecule has 0 saturated carbocycles. The van der Waals surface area contributed by atoms with Gasteiger partial charge in [0.1, 0.15) is 0 Å². The van der Waals surface area contributed by atoms with Crippen molar-refractivity contribution in [1.82, 2.24) is 9.97 Å². The summed E-state index contributed by atoms with van der Waals surface area (Å²) in [5, 5.41) is 1.54. The molecule has 0 aliphatic rings. The van der Waals surface area contributed by atoms with Crippen molar-refractivity contribution >= 4 is 22.6 Å². The molecule has 2 aromatic heterocycles. The topological polar surface area (TPSA) is 25.8 Å². The molecule has 2 heterocycles. The number of nitrogens with zero attached hydrogens (tertiary/aromatic N) is 2. The monoisotopic (exact) mass is 163 g/mol. The fourth-order valence-electron chi connectivity index (χ4n) is 0.887. The van der Waals surface area contributed by atoms with Crippen LogP contribution in [-0.4, -0.2) is 9.97 Å². The van der Waals surface area contributed by atoms with Gasteiger partial charge in [-0.05, 0) is 12.1 Å². The van der Waals surface area contributed by atoms with Crippen LogP contribution in [0.25, 0.3) is 11.0 Å². The zero-order chi connectivity index (χ0) is 7.68. The number of aromatic nitrogens is 2. The summed E-state index contributed by atoms with van der Waals surface area (Å²) in [5.74, 6) is 0. The number of fused-ring (bicyclic) bond motifs is 1. The molecule has 2 rings (SSSR count). The number of pyridine rings is 2. The number of halogens is 1. The van der Waals surface area contributed by atoms with Gasteiger partial charge in [0, 0.05) is 23.8 Å². The second kappa shape index (κ2) is 2.47. The summed E-state index contributed by atoms with van der Waals surface area (Å²) >= 11 is 5.71. The van der Waals surface area contributed by atoms with E-state index in [1.165, 1.54) is 0 Å².